The molecule has 196 valence electrons. The van der Waals surface area contributed by atoms with Crippen molar-refractivity contribution < 1.29 is 34.2 Å². The van der Waals surface area contributed by atoms with E-state index >= 15 is 0 Å². The van der Waals surface area contributed by atoms with E-state index < -0.39 is 53.8 Å². The van der Waals surface area contributed by atoms with Crippen molar-refractivity contribution in [1.82, 2.24) is 16.0 Å². The molecule has 5 unspecified atom stereocenters. The highest BCUT2D eigenvalue weighted by Crippen LogP contribution is 2.10. The summed E-state index contributed by atoms with van der Waals surface area (Å²) in [7, 11) is 0. The number of amides is 3. The maximum absolute atomic E-state index is 13.0. The molecule has 0 rings (SSSR count). The molecule has 0 aromatic rings. The quantitative estimate of drug-likeness (QED) is 0.164. The van der Waals surface area contributed by atoms with E-state index in [2.05, 4.69) is 16.0 Å². The number of carbonyl (C=O) groups excluding carboxylic acids is 3. The predicted molar refractivity (Wildman–Crippen MR) is 130 cm³/mol. The van der Waals surface area contributed by atoms with Crippen LogP contribution in [0.15, 0.2) is 0 Å². The van der Waals surface area contributed by atoms with Crippen LogP contribution in [0, 0.1) is 11.8 Å². The first-order chi connectivity index (χ1) is 15.8. The minimum Gasteiger partial charge on any atom is -0.481 e. The highest BCUT2D eigenvalue weighted by molar-refractivity contribution is 7.98. The summed E-state index contributed by atoms with van der Waals surface area (Å²) in [6, 6.07) is -4.26. The molecule has 34 heavy (non-hydrogen) atoms. The van der Waals surface area contributed by atoms with Crippen LogP contribution in [0.3, 0.4) is 0 Å². The molecular formula is C22H40N4O7S. The number of hydrogen-bond donors (Lipinski definition) is 6. The summed E-state index contributed by atoms with van der Waals surface area (Å²) in [4.78, 5) is 60.9. The average molecular weight is 505 g/mol. The van der Waals surface area contributed by atoms with Gasteiger partial charge in [0, 0.05) is 6.42 Å². The van der Waals surface area contributed by atoms with Crippen molar-refractivity contribution >= 4 is 41.4 Å². The van der Waals surface area contributed by atoms with E-state index in [0.717, 1.165) is 0 Å². The lowest BCUT2D eigenvalue weighted by Gasteiger charge is -2.26. The number of rotatable bonds is 17. The van der Waals surface area contributed by atoms with Gasteiger partial charge >= 0.3 is 11.9 Å². The third kappa shape index (κ3) is 12.2. The van der Waals surface area contributed by atoms with E-state index in [9.17, 15) is 29.1 Å². The third-order valence-electron chi connectivity index (χ3n) is 5.40. The van der Waals surface area contributed by atoms with Gasteiger partial charge in [-0.2, -0.15) is 11.8 Å². The number of aliphatic carboxylic acids is 2. The summed E-state index contributed by atoms with van der Waals surface area (Å²) in [6.45, 7) is 7.31. The summed E-state index contributed by atoms with van der Waals surface area (Å²) in [5, 5.41) is 26.0. The van der Waals surface area contributed by atoms with Crippen molar-refractivity contribution in [3.8, 4) is 0 Å². The van der Waals surface area contributed by atoms with Gasteiger partial charge in [0.25, 0.3) is 0 Å². The number of carbonyl (C=O) groups is 5. The van der Waals surface area contributed by atoms with Crippen LogP contribution in [-0.2, 0) is 24.0 Å². The zero-order chi connectivity index (χ0) is 26.4. The van der Waals surface area contributed by atoms with Crippen molar-refractivity contribution in [3.05, 3.63) is 0 Å². The molecule has 5 atom stereocenters. The van der Waals surface area contributed by atoms with Crippen LogP contribution in [-0.4, -0.2) is 76.0 Å². The summed E-state index contributed by atoms with van der Waals surface area (Å²) in [5.41, 5.74) is 5.93. The van der Waals surface area contributed by atoms with Gasteiger partial charge in [0.2, 0.25) is 17.7 Å². The summed E-state index contributed by atoms with van der Waals surface area (Å²) in [5.74, 6) is -3.93. The Kier molecular flexibility index (Phi) is 15.2. The Balaban J connectivity index is 5.56. The van der Waals surface area contributed by atoms with Gasteiger partial charge in [-0.3, -0.25) is 19.2 Å². The topological polar surface area (TPSA) is 188 Å². The van der Waals surface area contributed by atoms with Crippen LogP contribution >= 0.6 is 11.8 Å². The lowest BCUT2D eigenvalue weighted by Crippen LogP contribution is -2.57. The number of carboxylic acid groups (broad SMARTS) is 2. The van der Waals surface area contributed by atoms with Gasteiger partial charge in [0.05, 0.1) is 6.04 Å². The van der Waals surface area contributed by atoms with Gasteiger partial charge in [-0.05, 0) is 43.1 Å². The molecule has 0 aromatic carbocycles. The molecule has 0 aliphatic heterocycles. The molecule has 0 spiro atoms. The van der Waals surface area contributed by atoms with Gasteiger partial charge in [-0.1, -0.05) is 34.1 Å². The second kappa shape index (κ2) is 16.3. The lowest BCUT2D eigenvalue weighted by atomic mass is 9.98. The molecule has 0 saturated heterocycles. The molecule has 7 N–H and O–H groups in total. The monoisotopic (exact) mass is 504 g/mol. The highest BCUT2D eigenvalue weighted by Gasteiger charge is 2.31. The smallest absolute Gasteiger partial charge is 0.326 e. The maximum Gasteiger partial charge on any atom is 0.326 e. The van der Waals surface area contributed by atoms with Crippen LogP contribution in [0.25, 0.3) is 0 Å². The van der Waals surface area contributed by atoms with Crippen molar-refractivity contribution in [2.75, 3.05) is 12.0 Å². The highest BCUT2D eigenvalue weighted by atomic mass is 32.2. The van der Waals surface area contributed by atoms with E-state index in [1.54, 1.807) is 6.92 Å². The van der Waals surface area contributed by atoms with Crippen LogP contribution in [0.2, 0.25) is 0 Å². The molecule has 0 aromatic heterocycles. The summed E-state index contributed by atoms with van der Waals surface area (Å²) >= 11 is 1.44. The zero-order valence-electron chi connectivity index (χ0n) is 20.6. The Hall–Kier alpha value is -2.34. The molecule has 0 heterocycles. The maximum atomic E-state index is 13.0. The van der Waals surface area contributed by atoms with Gasteiger partial charge in [-0.15, -0.1) is 0 Å². The Labute approximate surface area is 205 Å². The molecule has 11 nitrogen and oxygen atoms in total. The summed E-state index contributed by atoms with van der Waals surface area (Å²) < 4.78 is 0. The van der Waals surface area contributed by atoms with Crippen LogP contribution in [0.5, 0.6) is 0 Å². The Bertz CT molecular complexity index is 705. The van der Waals surface area contributed by atoms with Crippen LogP contribution in [0.4, 0.5) is 0 Å². The van der Waals surface area contributed by atoms with Gasteiger partial charge in [0.1, 0.15) is 18.1 Å². The largest absolute Gasteiger partial charge is 0.481 e. The second-order valence-electron chi connectivity index (χ2n) is 8.78. The first kappa shape index (κ1) is 31.7. The van der Waals surface area contributed by atoms with Crippen molar-refractivity contribution in [2.45, 2.75) is 84.0 Å². The normalized spacial score (nSPS) is 15.5. The molecular weight excluding hydrogens is 464 g/mol. The van der Waals surface area contributed by atoms with Crippen molar-refractivity contribution in [2.24, 2.45) is 17.6 Å². The number of nitrogens with two attached hydrogens (primary N) is 1. The average Bonchev–Trinajstić information content (AvgIpc) is 2.76. The van der Waals surface area contributed by atoms with E-state index in [4.69, 9.17) is 10.8 Å². The van der Waals surface area contributed by atoms with Gasteiger partial charge < -0.3 is 31.9 Å². The summed E-state index contributed by atoms with van der Waals surface area (Å²) in [6.07, 6.45) is 2.32. The first-order valence-corrected chi connectivity index (χ1v) is 12.8. The van der Waals surface area contributed by atoms with E-state index in [-0.39, 0.29) is 37.5 Å². The van der Waals surface area contributed by atoms with E-state index in [0.29, 0.717) is 12.2 Å². The van der Waals surface area contributed by atoms with Gasteiger partial charge in [-0.25, -0.2) is 4.79 Å². The molecule has 0 bridgehead atoms. The Morgan fingerprint density at radius 2 is 1.35 bits per heavy atom. The van der Waals surface area contributed by atoms with E-state index in [1.807, 2.05) is 27.0 Å². The number of thioether (sulfide) groups is 1. The second-order valence-corrected chi connectivity index (χ2v) is 9.76. The Morgan fingerprint density at radius 1 is 0.853 bits per heavy atom. The SMILES string of the molecule is CCC(C)C(N)C(=O)NC(CCC(=O)O)C(=O)NC(CCSC)C(=O)NC(CC(C)C)C(=O)O. The minimum absolute atomic E-state index is 0.0194. The fourth-order valence-electron chi connectivity index (χ4n) is 3.06. The third-order valence-corrected chi connectivity index (χ3v) is 6.05. The number of hydrogen-bond acceptors (Lipinski definition) is 7. The van der Waals surface area contributed by atoms with Crippen LogP contribution < -0.4 is 21.7 Å². The number of nitrogens with one attached hydrogen (secondary N) is 3. The van der Waals surface area contributed by atoms with Crippen LogP contribution in [0.1, 0.15) is 59.8 Å². The fourth-order valence-corrected chi connectivity index (χ4v) is 3.53. The molecule has 0 saturated carbocycles. The zero-order valence-corrected chi connectivity index (χ0v) is 21.4. The Morgan fingerprint density at radius 3 is 1.79 bits per heavy atom. The van der Waals surface area contributed by atoms with Crippen molar-refractivity contribution in [3.63, 3.8) is 0 Å². The molecule has 3 amide bonds. The molecule has 0 aliphatic carbocycles. The molecule has 0 aliphatic rings. The number of carboxylic acids is 2. The van der Waals surface area contributed by atoms with Gasteiger partial charge in [0.15, 0.2) is 0 Å². The lowest BCUT2D eigenvalue weighted by molar-refractivity contribution is -0.142. The molecule has 0 radical (unpaired) electrons. The fraction of sp³-hybridized carbons (Fsp3) is 0.773. The standard InChI is InChI=1S/C22H40N4O7S/c1-6-13(4)18(23)21(31)25-14(7-8-17(27)28)19(29)24-15(9-10-34-5)20(30)26-16(22(32)33)11-12(2)3/h12-16,18H,6-11,23H2,1-5H3,(H,24,29)(H,25,31)(H,26,30)(H,27,28)(H,32,33). The van der Waals surface area contributed by atoms with E-state index in [1.165, 1.54) is 11.8 Å². The molecule has 0 fully saturated rings. The molecule has 12 heteroatoms. The first-order valence-electron chi connectivity index (χ1n) is 11.4. The predicted octanol–water partition coefficient (Wildman–Crippen LogP) is 0.563. The minimum atomic E-state index is -1.21. The van der Waals surface area contributed by atoms with Crippen molar-refractivity contribution in [1.29, 1.82) is 0 Å².